The van der Waals surface area contributed by atoms with Gasteiger partial charge in [0, 0.05) is 17.4 Å². The van der Waals surface area contributed by atoms with Gasteiger partial charge in [0.05, 0.1) is 22.5 Å². The quantitative estimate of drug-likeness (QED) is 0.377. The van der Waals surface area contributed by atoms with Crippen LogP contribution < -0.4 is 0 Å². The van der Waals surface area contributed by atoms with E-state index in [1.165, 1.54) is 12.1 Å². The number of benzene rings is 2. The summed E-state index contributed by atoms with van der Waals surface area (Å²) in [4.78, 5) is 14.8. The summed E-state index contributed by atoms with van der Waals surface area (Å²) in [7, 11) is 0. The van der Waals surface area contributed by atoms with Crippen LogP contribution in [0.4, 0.5) is 11.4 Å². The highest BCUT2D eigenvalue weighted by molar-refractivity contribution is 6.32. The number of halogens is 1. The van der Waals surface area contributed by atoms with Crippen molar-refractivity contribution in [2.75, 3.05) is 0 Å². The zero-order valence-corrected chi connectivity index (χ0v) is 13.6. The van der Waals surface area contributed by atoms with Crippen molar-refractivity contribution >= 4 is 29.2 Å². The van der Waals surface area contributed by atoms with Gasteiger partial charge in [-0.15, -0.1) is 0 Å². The molecule has 1 heterocycles. The number of nitrogens with zero attached hydrogens (tertiary/aromatic N) is 3. The number of hydrogen-bond acceptors (Lipinski definition) is 3. The molecule has 0 N–H and O–H groups in total. The summed E-state index contributed by atoms with van der Waals surface area (Å²) in [5, 5.41) is 11.1. The Morgan fingerprint density at radius 2 is 1.88 bits per heavy atom. The average Bonchev–Trinajstić information content (AvgIpc) is 2.95. The van der Waals surface area contributed by atoms with Crippen molar-refractivity contribution in [3.63, 3.8) is 0 Å². The van der Waals surface area contributed by atoms with Crippen LogP contribution in [-0.4, -0.2) is 15.7 Å². The summed E-state index contributed by atoms with van der Waals surface area (Å²) in [6.45, 7) is 2.01. The molecule has 0 bridgehead atoms. The maximum Gasteiger partial charge on any atom is 0.290 e. The van der Waals surface area contributed by atoms with Crippen LogP contribution in [-0.2, 0) is 0 Å². The second kappa shape index (κ2) is 6.68. The summed E-state index contributed by atoms with van der Waals surface area (Å²) in [5.41, 5.74) is 3.31. The molecule has 3 rings (SSSR count). The Kier molecular flexibility index (Phi) is 4.44. The third kappa shape index (κ3) is 3.21. The van der Waals surface area contributed by atoms with Gasteiger partial charge in [0.1, 0.15) is 5.02 Å². The van der Waals surface area contributed by atoms with Crippen LogP contribution in [0.25, 0.3) is 5.69 Å². The van der Waals surface area contributed by atoms with Gasteiger partial charge < -0.3 is 4.57 Å². The van der Waals surface area contributed by atoms with Crippen molar-refractivity contribution in [2.24, 2.45) is 4.99 Å². The lowest BCUT2D eigenvalue weighted by molar-refractivity contribution is -0.384. The number of nitro groups is 1. The third-order valence-corrected chi connectivity index (χ3v) is 3.91. The number of aryl methyl sites for hydroxylation is 1. The van der Waals surface area contributed by atoms with E-state index in [1.807, 2.05) is 49.4 Å². The Bertz CT molecular complexity index is 917. The van der Waals surface area contributed by atoms with Gasteiger partial charge in [0.25, 0.3) is 5.69 Å². The normalized spacial score (nSPS) is 11.1. The van der Waals surface area contributed by atoms with E-state index in [-0.39, 0.29) is 10.7 Å². The number of aliphatic imine (C=N–C) groups is 1. The maximum atomic E-state index is 11.0. The molecule has 0 radical (unpaired) electrons. The van der Waals surface area contributed by atoms with E-state index in [1.54, 1.807) is 12.3 Å². The molecule has 2 aromatic carbocycles. The number of hydrogen-bond donors (Lipinski definition) is 0. The Morgan fingerprint density at radius 3 is 2.58 bits per heavy atom. The van der Waals surface area contributed by atoms with Crippen molar-refractivity contribution in [2.45, 2.75) is 6.92 Å². The third-order valence-electron chi connectivity index (χ3n) is 3.59. The van der Waals surface area contributed by atoms with Crippen LogP contribution in [0.1, 0.15) is 11.4 Å². The number of nitro benzene ring substituents is 1. The number of para-hydroxylation sites is 1. The molecular weight excluding hydrogens is 326 g/mol. The van der Waals surface area contributed by atoms with Gasteiger partial charge in [0.15, 0.2) is 0 Å². The van der Waals surface area contributed by atoms with E-state index in [4.69, 9.17) is 11.6 Å². The first-order chi connectivity index (χ1) is 11.6. The fourth-order valence-corrected chi connectivity index (χ4v) is 2.64. The first-order valence-corrected chi connectivity index (χ1v) is 7.66. The smallest absolute Gasteiger partial charge is 0.290 e. The van der Waals surface area contributed by atoms with Crippen molar-refractivity contribution in [1.82, 2.24) is 4.57 Å². The highest BCUT2D eigenvalue weighted by Gasteiger charge is 2.12. The Balaban J connectivity index is 1.97. The summed E-state index contributed by atoms with van der Waals surface area (Å²) >= 11 is 5.82. The first kappa shape index (κ1) is 16.0. The lowest BCUT2D eigenvalue weighted by atomic mass is 10.3. The van der Waals surface area contributed by atoms with Crippen molar-refractivity contribution in [1.29, 1.82) is 0 Å². The molecule has 0 atom stereocenters. The molecule has 0 saturated heterocycles. The lowest BCUT2D eigenvalue weighted by Crippen LogP contribution is -2.00. The Hall–Kier alpha value is -2.92. The molecule has 0 aliphatic heterocycles. The second-order valence-corrected chi connectivity index (χ2v) is 5.63. The van der Waals surface area contributed by atoms with Crippen LogP contribution in [0.5, 0.6) is 0 Å². The van der Waals surface area contributed by atoms with Crippen molar-refractivity contribution in [3.05, 3.63) is 87.2 Å². The van der Waals surface area contributed by atoms with Crippen LogP contribution in [0.2, 0.25) is 5.02 Å². The fourth-order valence-electron chi connectivity index (χ4n) is 2.45. The summed E-state index contributed by atoms with van der Waals surface area (Å²) in [6.07, 6.45) is 1.69. The average molecular weight is 340 g/mol. The molecule has 0 unspecified atom stereocenters. The van der Waals surface area contributed by atoms with Crippen LogP contribution in [0.15, 0.2) is 65.7 Å². The van der Waals surface area contributed by atoms with Gasteiger partial charge in [0.2, 0.25) is 0 Å². The monoisotopic (exact) mass is 339 g/mol. The zero-order valence-electron chi connectivity index (χ0n) is 12.9. The van der Waals surface area contributed by atoms with Gasteiger partial charge in [-0.05, 0) is 43.3 Å². The standard InChI is InChI=1S/C18H14ClN3O2/c1-13-7-9-16(21(13)15-5-3-2-4-6-15)12-20-14-8-10-17(19)18(11-14)22(23)24/h2-12H,1H3. The highest BCUT2D eigenvalue weighted by atomic mass is 35.5. The molecule has 120 valence electrons. The largest absolute Gasteiger partial charge is 0.313 e. The molecule has 5 nitrogen and oxygen atoms in total. The molecule has 0 spiro atoms. The molecular formula is C18H14ClN3O2. The second-order valence-electron chi connectivity index (χ2n) is 5.22. The van der Waals surface area contributed by atoms with Gasteiger partial charge in [-0.3, -0.25) is 15.1 Å². The molecule has 1 aromatic heterocycles. The minimum atomic E-state index is -0.516. The van der Waals surface area contributed by atoms with Gasteiger partial charge in [-0.1, -0.05) is 29.8 Å². The lowest BCUT2D eigenvalue weighted by Gasteiger charge is -2.08. The molecule has 0 aliphatic rings. The molecule has 0 saturated carbocycles. The van der Waals surface area contributed by atoms with E-state index in [0.29, 0.717) is 5.69 Å². The molecule has 3 aromatic rings. The Labute approximate surface area is 144 Å². The predicted octanol–water partition coefficient (Wildman–Crippen LogP) is 5.10. The summed E-state index contributed by atoms with van der Waals surface area (Å²) in [6, 6.07) is 18.4. The molecule has 24 heavy (non-hydrogen) atoms. The van der Waals surface area contributed by atoms with Crippen molar-refractivity contribution in [3.8, 4) is 5.69 Å². The van der Waals surface area contributed by atoms with Gasteiger partial charge in [-0.2, -0.15) is 0 Å². The topological polar surface area (TPSA) is 60.4 Å². The highest BCUT2D eigenvalue weighted by Crippen LogP contribution is 2.28. The molecule has 0 aliphatic carbocycles. The van der Waals surface area contributed by atoms with Crippen LogP contribution >= 0.6 is 11.6 Å². The van der Waals surface area contributed by atoms with E-state index >= 15 is 0 Å². The molecule has 0 amide bonds. The van der Waals surface area contributed by atoms with E-state index in [2.05, 4.69) is 9.56 Å². The summed E-state index contributed by atoms with van der Waals surface area (Å²) < 4.78 is 2.06. The Morgan fingerprint density at radius 1 is 1.12 bits per heavy atom. The van der Waals surface area contributed by atoms with Crippen LogP contribution in [0.3, 0.4) is 0 Å². The zero-order chi connectivity index (χ0) is 17.1. The van der Waals surface area contributed by atoms with Gasteiger partial charge in [-0.25, -0.2) is 0 Å². The van der Waals surface area contributed by atoms with E-state index < -0.39 is 4.92 Å². The van der Waals surface area contributed by atoms with Crippen LogP contribution in [0, 0.1) is 17.0 Å². The molecule has 6 heteroatoms. The molecule has 0 fully saturated rings. The van der Waals surface area contributed by atoms with Gasteiger partial charge >= 0.3 is 0 Å². The predicted molar refractivity (Wildman–Crippen MR) is 95.9 cm³/mol. The minimum Gasteiger partial charge on any atom is -0.313 e. The minimum absolute atomic E-state index is 0.0995. The summed E-state index contributed by atoms with van der Waals surface area (Å²) in [5.74, 6) is 0. The van der Waals surface area contributed by atoms with E-state index in [0.717, 1.165) is 17.1 Å². The van der Waals surface area contributed by atoms with Crippen molar-refractivity contribution < 1.29 is 4.92 Å². The number of rotatable bonds is 4. The number of aromatic nitrogens is 1. The maximum absolute atomic E-state index is 11.0. The fraction of sp³-hybridized carbons (Fsp3) is 0.0556. The van der Waals surface area contributed by atoms with E-state index in [9.17, 15) is 10.1 Å². The first-order valence-electron chi connectivity index (χ1n) is 7.28. The SMILES string of the molecule is Cc1ccc(C=Nc2ccc(Cl)c([N+](=O)[O-])c2)n1-c1ccccc1.